The minimum absolute atomic E-state index is 0.0832. The number of carbonyl (C=O) groups is 3. The van der Waals surface area contributed by atoms with Gasteiger partial charge >= 0.3 is 5.97 Å². The fraction of sp³-hybridized carbons (Fsp3) is 0. The molecule has 2 aromatic rings. The highest BCUT2D eigenvalue weighted by Crippen LogP contribution is 2.04. The number of benzene rings is 2. The Balaban J connectivity index is 1.96. The molecule has 2 amide bonds. The number of rotatable bonds is 3. The van der Waals surface area contributed by atoms with Gasteiger partial charge in [-0.15, -0.1) is 0 Å². The Morgan fingerprint density at radius 3 is 1.57 bits per heavy atom. The normalized spacial score (nSPS) is 9.71. The van der Waals surface area contributed by atoms with Gasteiger partial charge in [-0.25, -0.2) is 4.79 Å². The van der Waals surface area contributed by atoms with E-state index in [1.807, 2.05) is 0 Å². The number of amides is 2. The van der Waals surface area contributed by atoms with Crippen LogP contribution in [0.15, 0.2) is 54.6 Å². The van der Waals surface area contributed by atoms with Crippen molar-refractivity contribution < 1.29 is 19.5 Å². The number of hydrogen-bond donors (Lipinski definition) is 3. The SMILES string of the molecule is O=C(O)c1ccc(C(=O)NNC(=O)c2ccccc2)cc1. The van der Waals surface area contributed by atoms with Crippen LogP contribution in [-0.2, 0) is 0 Å². The molecule has 0 saturated heterocycles. The maximum Gasteiger partial charge on any atom is 0.335 e. The lowest BCUT2D eigenvalue weighted by Gasteiger charge is -2.07. The molecule has 0 spiro atoms. The Hall–Kier alpha value is -3.15. The average Bonchev–Trinajstić information content (AvgIpc) is 2.53. The number of carboxylic acid groups (broad SMARTS) is 1. The van der Waals surface area contributed by atoms with Gasteiger partial charge in [0.25, 0.3) is 11.8 Å². The molecular formula is C15H12N2O4. The second kappa shape index (κ2) is 6.33. The van der Waals surface area contributed by atoms with Crippen molar-refractivity contribution in [3.63, 3.8) is 0 Å². The highest BCUT2D eigenvalue weighted by molar-refractivity contribution is 5.99. The monoisotopic (exact) mass is 284 g/mol. The van der Waals surface area contributed by atoms with Crippen molar-refractivity contribution in [3.05, 3.63) is 71.3 Å². The Morgan fingerprint density at radius 1 is 0.667 bits per heavy atom. The van der Waals surface area contributed by atoms with Gasteiger partial charge in [0, 0.05) is 11.1 Å². The minimum Gasteiger partial charge on any atom is -0.478 e. The molecule has 0 fully saturated rings. The zero-order chi connectivity index (χ0) is 15.2. The molecule has 0 aliphatic heterocycles. The molecule has 6 nitrogen and oxygen atoms in total. The topological polar surface area (TPSA) is 95.5 Å². The third kappa shape index (κ3) is 3.66. The van der Waals surface area contributed by atoms with Crippen LogP contribution in [0.3, 0.4) is 0 Å². The summed E-state index contributed by atoms with van der Waals surface area (Å²) in [7, 11) is 0. The fourth-order valence-electron chi connectivity index (χ4n) is 1.61. The summed E-state index contributed by atoms with van der Waals surface area (Å²) in [5, 5.41) is 8.76. The molecule has 0 radical (unpaired) electrons. The van der Waals surface area contributed by atoms with Crippen LogP contribution in [0.1, 0.15) is 31.1 Å². The van der Waals surface area contributed by atoms with Gasteiger partial charge in [0.15, 0.2) is 0 Å². The molecule has 21 heavy (non-hydrogen) atoms. The van der Waals surface area contributed by atoms with Crippen molar-refractivity contribution in [2.45, 2.75) is 0 Å². The molecule has 0 unspecified atom stereocenters. The third-order valence-electron chi connectivity index (χ3n) is 2.72. The maximum absolute atomic E-state index is 11.8. The highest BCUT2D eigenvalue weighted by atomic mass is 16.4. The molecule has 106 valence electrons. The van der Waals surface area contributed by atoms with E-state index in [1.54, 1.807) is 30.3 Å². The van der Waals surface area contributed by atoms with Crippen LogP contribution < -0.4 is 10.9 Å². The van der Waals surface area contributed by atoms with Crippen LogP contribution in [0, 0.1) is 0 Å². The molecule has 2 rings (SSSR count). The maximum atomic E-state index is 11.8. The number of hydrogen-bond acceptors (Lipinski definition) is 3. The van der Waals surface area contributed by atoms with Crippen molar-refractivity contribution in [2.24, 2.45) is 0 Å². The molecule has 2 aromatic carbocycles. The first-order valence-electron chi connectivity index (χ1n) is 6.07. The van der Waals surface area contributed by atoms with Crippen LogP contribution in [0.4, 0.5) is 0 Å². The van der Waals surface area contributed by atoms with Crippen LogP contribution >= 0.6 is 0 Å². The van der Waals surface area contributed by atoms with E-state index in [0.717, 1.165) is 0 Å². The molecule has 6 heteroatoms. The Kier molecular flexibility index (Phi) is 4.30. The zero-order valence-corrected chi connectivity index (χ0v) is 10.9. The fourth-order valence-corrected chi connectivity index (χ4v) is 1.61. The Bertz CT molecular complexity index is 666. The van der Waals surface area contributed by atoms with E-state index in [2.05, 4.69) is 10.9 Å². The molecule has 0 aromatic heterocycles. The molecule has 0 heterocycles. The van der Waals surface area contributed by atoms with E-state index in [4.69, 9.17) is 5.11 Å². The van der Waals surface area contributed by atoms with Crippen molar-refractivity contribution in [1.82, 2.24) is 10.9 Å². The summed E-state index contributed by atoms with van der Waals surface area (Å²) in [5.74, 6) is -2.04. The first-order valence-corrected chi connectivity index (χ1v) is 6.07. The summed E-state index contributed by atoms with van der Waals surface area (Å²) in [6.07, 6.45) is 0. The van der Waals surface area contributed by atoms with Gasteiger partial charge in [0.05, 0.1) is 5.56 Å². The van der Waals surface area contributed by atoms with Gasteiger partial charge in [0.1, 0.15) is 0 Å². The smallest absolute Gasteiger partial charge is 0.335 e. The second-order valence-electron chi connectivity index (χ2n) is 4.16. The lowest BCUT2D eigenvalue weighted by atomic mass is 10.1. The second-order valence-corrected chi connectivity index (χ2v) is 4.16. The predicted octanol–water partition coefficient (Wildman–Crippen LogP) is 1.46. The first kappa shape index (κ1) is 14.3. The van der Waals surface area contributed by atoms with E-state index in [9.17, 15) is 14.4 Å². The Labute approximate surface area is 120 Å². The van der Waals surface area contributed by atoms with E-state index in [1.165, 1.54) is 24.3 Å². The third-order valence-corrected chi connectivity index (χ3v) is 2.72. The minimum atomic E-state index is -1.07. The van der Waals surface area contributed by atoms with Crippen molar-refractivity contribution in [1.29, 1.82) is 0 Å². The summed E-state index contributed by atoms with van der Waals surface area (Å²) in [4.78, 5) is 34.2. The van der Waals surface area contributed by atoms with Gasteiger partial charge in [-0.2, -0.15) is 0 Å². The van der Waals surface area contributed by atoms with Gasteiger partial charge in [-0.1, -0.05) is 18.2 Å². The number of aromatic carboxylic acids is 1. The van der Waals surface area contributed by atoms with Crippen LogP contribution in [0.2, 0.25) is 0 Å². The van der Waals surface area contributed by atoms with Crippen molar-refractivity contribution in [3.8, 4) is 0 Å². The summed E-state index contributed by atoms with van der Waals surface area (Å²) in [6.45, 7) is 0. The molecule has 0 atom stereocenters. The van der Waals surface area contributed by atoms with Gasteiger partial charge < -0.3 is 5.11 Å². The lowest BCUT2D eigenvalue weighted by molar-refractivity contribution is 0.0696. The molecule has 0 bridgehead atoms. The highest BCUT2D eigenvalue weighted by Gasteiger charge is 2.09. The van der Waals surface area contributed by atoms with Gasteiger partial charge in [-0.05, 0) is 36.4 Å². The zero-order valence-electron chi connectivity index (χ0n) is 10.9. The van der Waals surface area contributed by atoms with Gasteiger partial charge in [-0.3, -0.25) is 20.4 Å². The quantitative estimate of drug-likeness (QED) is 0.743. The van der Waals surface area contributed by atoms with Crippen LogP contribution in [0.25, 0.3) is 0 Å². The van der Waals surface area contributed by atoms with E-state index >= 15 is 0 Å². The van der Waals surface area contributed by atoms with E-state index < -0.39 is 17.8 Å². The van der Waals surface area contributed by atoms with E-state index in [-0.39, 0.29) is 11.1 Å². The first-order chi connectivity index (χ1) is 10.1. The van der Waals surface area contributed by atoms with Crippen LogP contribution in [0.5, 0.6) is 0 Å². The number of carboxylic acids is 1. The summed E-state index contributed by atoms with van der Waals surface area (Å²) >= 11 is 0. The summed E-state index contributed by atoms with van der Waals surface area (Å²) in [6, 6.07) is 13.8. The number of hydrazine groups is 1. The summed E-state index contributed by atoms with van der Waals surface area (Å²) < 4.78 is 0. The van der Waals surface area contributed by atoms with Crippen molar-refractivity contribution in [2.75, 3.05) is 0 Å². The number of carbonyl (C=O) groups excluding carboxylic acids is 2. The summed E-state index contributed by atoms with van der Waals surface area (Å²) in [5.41, 5.74) is 5.28. The predicted molar refractivity (Wildman–Crippen MR) is 74.8 cm³/mol. The Morgan fingerprint density at radius 2 is 1.10 bits per heavy atom. The molecule has 0 aliphatic carbocycles. The molecular weight excluding hydrogens is 272 g/mol. The lowest BCUT2D eigenvalue weighted by Crippen LogP contribution is -2.41. The molecule has 0 aliphatic rings. The van der Waals surface area contributed by atoms with Crippen molar-refractivity contribution >= 4 is 17.8 Å². The van der Waals surface area contributed by atoms with E-state index in [0.29, 0.717) is 5.56 Å². The molecule has 0 saturated carbocycles. The molecule has 3 N–H and O–H groups in total. The van der Waals surface area contributed by atoms with Gasteiger partial charge in [0.2, 0.25) is 0 Å². The standard InChI is InChI=1S/C15H12N2O4/c18-13(10-4-2-1-3-5-10)16-17-14(19)11-6-8-12(9-7-11)15(20)21/h1-9H,(H,16,18)(H,17,19)(H,20,21). The van der Waals surface area contributed by atoms with Crippen LogP contribution in [-0.4, -0.2) is 22.9 Å². The number of nitrogens with one attached hydrogen (secondary N) is 2. The average molecular weight is 284 g/mol. The largest absolute Gasteiger partial charge is 0.478 e.